The normalized spacial score (nSPS) is 11.8. The van der Waals surface area contributed by atoms with Gasteiger partial charge in [-0.15, -0.1) is 10.2 Å². The molecule has 0 unspecified atom stereocenters. The van der Waals surface area contributed by atoms with E-state index in [-0.39, 0.29) is 11.7 Å². The number of Topliss-reactive ketones (excluding diaryl/α,β-unsaturated/α-hetero) is 1. The molecule has 2 aromatic carbocycles. The predicted octanol–water partition coefficient (Wildman–Crippen LogP) is 3.90. The lowest BCUT2D eigenvalue weighted by atomic mass is 10.1. The van der Waals surface area contributed by atoms with Gasteiger partial charge in [0.1, 0.15) is 6.33 Å². The molecule has 3 aromatic rings. The minimum atomic E-state index is -0.391. The Kier molecular flexibility index (Phi) is 5.71. The van der Waals surface area contributed by atoms with E-state index in [1.165, 1.54) is 18.7 Å². The largest absolute Gasteiger partial charge is 0.325 e. The number of aromatic nitrogens is 3. The van der Waals surface area contributed by atoms with Gasteiger partial charge < -0.3 is 5.32 Å². The van der Waals surface area contributed by atoms with Crippen LogP contribution in [-0.4, -0.2) is 31.7 Å². The number of anilines is 1. The third-order valence-corrected chi connectivity index (χ3v) is 5.14. The van der Waals surface area contributed by atoms with Crippen LogP contribution in [0.5, 0.6) is 0 Å². The molecule has 1 amide bonds. The third-order valence-electron chi connectivity index (χ3n) is 4.08. The Morgan fingerprint density at radius 1 is 1.15 bits per heavy atom. The maximum Gasteiger partial charge on any atom is 0.237 e. The average Bonchev–Trinajstić information content (AvgIpc) is 3.10. The summed E-state index contributed by atoms with van der Waals surface area (Å²) in [5.74, 6) is -0.208. The quantitative estimate of drug-likeness (QED) is 0.518. The van der Waals surface area contributed by atoms with Gasteiger partial charge in [-0.2, -0.15) is 0 Å². The van der Waals surface area contributed by atoms with Crippen molar-refractivity contribution in [2.75, 3.05) is 5.32 Å². The van der Waals surface area contributed by atoms with Crippen LogP contribution in [0.3, 0.4) is 0 Å². The topological polar surface area (TPSA) is 76.9 Å². The maximum absolute atomic E-state index is 12.6. The molecule has 0 aliphatic carbocycles. The number of carbonyl (C=O) groups excluding carboxylic acids is 2. The number of thioether (sulfide) groups is 1. The zero-order valence-electron chi connectivity index (χ0n) is 15.3. The van der Waals surface area contributed by atoms with Crippen LogP contribution in [0, 0.1) is 6.92 Å². The molecular formula is C20H20N4O2S. The van der Waals surface area contributed by atoms with Gasteiger partial charge in [-0.3, -0.25) is 14.2 Å². The van der Waals surface area contributed by atoms with Gasteiger partial charge in [0.05, 0.1) is 10.9 Å². The monoisotopic (exact) mass is 380 g/mol. The summed E-state index contributed by atoms with van der Waals surface area (Å²) in [4.78, 5) is 24.1. The van der Waals surface area contributed by atoms with Crippen LogP contribution in [-0.2, 0) is 4.79 Å². The Labute approximate surface area is 162 Å². The molecule has 7 heteroatoms. The van der Waals surface area contributed by atoms with Crippen LogP contribution in [0.15, 0.2) is 60.0 Å². The fourth-order valence-electron chi connectivity index (χ4n) is 2.58. The highest BCUT2D eigenvalue weighted by atomic mass is 32.2. The summed E-state index contributed by atoms with van der Waals surface area (Å²) in [5.41, 5.74) is 3.23. The van der Waals surface area contributed by atoms with Crippen molar-refractivity contribution in [2.45, 2.75) is 31.2 Å². The molecule has 1 atom stereocenters. The molecule has 1 aromatic heterocycles. The number of rotatable bonds is 6. The molecular weight excluding hydrogens is 360 g/mol. The number of hydrogen-bond donors (Lipinski definition) is 1. The lowest BCUT2D eigenvalue weighted by Crippen LogP contribution is -2.23. The lowest BCUT2D eigenvalue weighted by Gasteiger charge is -2.13. The number of amides is 1. The number of carbonyl (C=O) groups is 2. The van der Waals surface area contributed by atoms with Crippen LogP contribution in [0.25, 0.3) is 5.69 Å². The summed E-state index contributed by atoms with van der Waals surface area (Å²) in [6.07, 6.45) is 1.64. The van der Waals surface area contributed by atoms with Crippen molar-refractivity contribution < 1.29 is 9.59 Å². The maximum atomic E-state index is 12.6. The highest BCUT2D eigenvalue weighted by molar-refractivity contribution is 8.00. The van der Waals surface area contributed by atoms with E-state index in [1.54, 1.807) is 30.6 Å². The number of hydrogen-bond acceptors (Lipinski definition) is 5. The van der Waals surface area contributed by atoms with Gasteiger partial charge in [0.15, 0.2) is 10.9 Å². The summed E-state index contributed by atoms with van der Waals surface area (Å²) in [6, 6.07) is 14.8. The lowest BCUT2D eigenvalue weighted by molar-refractivity contribution is -0.115. The molecule has 0 spiro atoms. The highest BCUT2D eigenvalue weighted by Crippen LogP contribution is 2.26. The van der Waals surface area contributed by atoms with Gasteiger partial charge in [0.25, 0.3) is 0 Å². The second kappa shape index (κ2) is 8.18. The van der Waals surface area contributed by atoms with Gasteiger partial charge in [-0.05, 0) is 44.5 Å². The van der Waals surface area contributed by atoms with Crippen molar-refractivity contribution >= 4 is 29.1 Å². The van der Waals surface area contributed by atoms with Crippen molar-refractivity contribution in [3.8, 4) is 5.69 Å². The first-order valence-corrected chi connectivity index (χ1v) is 9.38. The molecule has 0 aliphatic heterocycles. The Morgan fingerprint density at radius 3 is 2.67 bits per heavy atom. The Morgan fingerprint density at radius 2 is 1.93 bits per heavy atom. The predicted molar refractivity (Wildman–Crippen MR) is 106 cm³/mol. The van der Waals surface area contributed by atoms with Gasteiger partial charge >= 0.3 is 0 Å². The van der Waals surface area contributed by atoms with Crippen LogP contribution in [0.1, 0.15) is 29.8 Å². The van der Waals surface area contributed by atoms with Crippen LogP contribution in [0.4, 0.5) is 5.69 Å². The Hall–Kier alpha value is -2.93. The van der Waals surface area contributed by atoms with Gasteiger partial charge in [-0.1, -0.05) is 42.1 Å². The molecule has 3 rings (SSSR count). The van der Waals surface area contributed by atoms with Gasteiger partial charge in [-0.25, -0.2) is 0 Å². The Balaban J connectivity index is 1.73. The number of aryl methyl sites for hydroxylation is 1. The second-order valence-corrected chi connectivity index (χ2v) is 7.46. The van der Waals surface area contributed by atoms with Crippen molar-refractivity contribution in [3.05, 3.63) is 66.0 Å². The number of para-hydroxylation sites is 1. The molecule has 1 heterocycles. The van der Waals surface area contributed by atoms with E-state index >= 15 is 0 Å². The average molecular weight is 380 g/mol. The van der Waals surface area contributed by atoms with E-state index in [4.69, 9.17) is 0 Å². The van der Waals surface area contributed by atoms with E-state index in [2.05, 4.69) is 15.5 Å². The zero-order chi connectivity index (χ0) is 19.4. The van der Waals surface area contributed by atoms with Crippen LogP contribution in [0.2, 0.25) is 0 Å². The minimum Gasteiger partial charge on any atom is -0.325 e. The summed E-state index contributed by atoms with van der Waals surface area (Å²) in [6.45, 7) is 5.32. The first-order chi connectivity index (χ1) is 13.0. The van der Waals surface area contributed by atoms with Gasteiger partial charge in [0, 0.05) is 11.3 Å². The van der Waals surface area contributed by atoms with E-state index in [9.17, 15) is 9.59 Å². The fraction of sp³-hybridized carbons (Fsp3) is 0.200. The summed E-state index contributed by atoms with van der Waals surface area (Å²) in [7, 11) is 0. The summed E-state index contributed by atoms with van der Waals surface area (Å²) in [5, 5.41) is 11.2. The smallest absolute Gasteiger partial charge is 0.237 e. The highest BCUT2D eigenvalue weighted by Gasteiger charge is 2.19. The van der Waals surface area contributed by atoms with E-state index in [1.807, 2.05) is 42.7 Å². The molecule has 138 valence electrons. The summed E-state index contributed by atoms with van der Waals surface area (Å²) >= 11 is 1.33. The minimum absolute atomic E-state index is 0.0418. The first kappa shape index (κ1) is 18.8. The fourth-order valence-corrected chi connectivity index (χ4v) is 3.41. The summed E-state index contributed by atoms with van der Waals surface area (Å²) < 4.78 is 1.88. The number of nitrogens with one attached hydrogen (secondary N) is 1. The molecule has 0 saturated carbocycles. The molecule has 6 nitrogen and oxygen atoms in total. The van der Waals surface area contributed by atoms with Crippen LogP contribution >= 0.6 is 11.8 Å². The molecule has 0 aliphatic rings. The SMILES string of the molecule is CC(=O)c1cccc(NC(=O)[C@H](C)Sc2nncn2-c2ccccc2C)c1. The van der Waals surface area contributed by atoms with Crippen molar-refractivity contribution in [2.24, 2.45) is 0 Å². The zero-order valence-corrected chi connectivity index (χ0v) is 16.2. The van der Waals surface area contributed by atoms with Gasteiger partial charge in [0.2, 0.25) is 5.91 Å². The van der Waals surface area contributed by atoms with E-state index in [0.717, 1.165) is 11.3 Å². The van der Waals surface area contributed by atoms with Crippen molar-refractivity contribution in [3.63, 3.8) is 0 Å². The van der Waals surface area contributed by atoms with Crippen molar-refractivity contribution in [1.82, 2.24) is 14.8 Å². The molecule has 27 heavy (non-hydrogen) atoms. The second-order valence-electron chi connectivity index (χ2n) is 6.16. The molecule has 0 fully saturated rings. The molecule has 0 radical (unpaired) electrons. The van der Waals surface area contributed by atoms with Crippen LogP contribution < -0.4 is 5.32 Å². The number of ketones is 1. The Bertz CT molecular complexity index is 983. The standard InChI is InChI=1S/C20H20N4O2S/c1-13-7-4-5-10-18(13)24-12-21-23-20(24)27-15(3)19(26)22-17-9-6-8-16(11-17)14(2)25/h4-12,15H,1-3H3,(H,22,26)/t15-/m0/s1. The van der Waals surface area contributed by atoms with E-state index < -0.39 is 5.25 Å². The first-order valence-electron chi connectivity index (χ1n) is 8.50. The number of nitrogens with zero attached hydrogens (tertiary/aromatic N) is 3. The molecule has 1 N–H and O–H groups in total. The third kappa shape index (κ3) is 4.43. The van der Waals surface area contributed by atoms with Crippen molar-refractivity contribution in [1.29, 1.82) is 0 Å². The molecule has 0 bridgehead atoms. The molecule has 0 saturated heterocycles. The number of benzene rings is 2. The van der Waals surface area contributed by atoms with E-state index in [0.29, 0.717) is 16.4 Å².